The second-order valence-electron chi connectivity index (χ2n) is 5.79. The largest absolute Gasteiger partial charge is 0.331 e. The predicted octanol–water partition coefficient (Wildman–Crippen LogP) is 0.799. The molecule has 1 saturated heterocycles. The number of nitrogens with zero attached hydrogens (tertiary/aromatic N) is 3. The van der Waals surface area contributed by atoms with Gasteiger partial charge in [0.1, 0.15) is 0 Å². The third-order valence-electron chi connectivity index (χ3n) is 3.84. The smallest absolute Gasteiger partial charge is 0.319 e. The van der Waals surface area contributed by atoms with Gasteiger partial charge in [0.15, 0.2) is 0 Å². The number of carbonyl (C=O) groups is 2. The summed E-state index contributed by atoms with van der Waals surface area (Å²) in [5.41, 5.74) is 0.491. The number of rotatable bonds is 4. The molecule has 0 spiro atoms. The molecule has 0 bridgehead atoms. The highest BCUT2D eigenvalue weighted by Crippen LogP contribution is 2.20. The van der Waals surface area contributed by atoms with Crippen LogP contribution in [0.15, 0.2) is 41.8 Å². The van der Waals surface area contributed by atoms with Crippen molar-refractivity contribution in [1.29, 1.82) is 0 Å². The van der Waals surface area contributed by atoms with Crippen molar-refractivity contribution in [3.63, 3.8) is 0 Å². The number of amides is 3. The summed E-state index contributed by atoms with van der Waals surface area (Å²) in [6.07, 6.45) is 1.14. The summed E-state index contributed by atoms with van der Waals surface area (Å²) in [4.78, 5) is 26.4. The molecule has 25 heavy (non-hydrogen) atoms. The fraction of sp³-hybridized carbons (Fsp3) is 0.375. The van der Waals surface area contributed by atoms with Gasteiger partial charge in [0, 0.05) is 46.0 Å². The molecule has 0 saturated carbocycles. The summed E-state index contributed by atoms with van der Waals surface area (Å²) in [7, 11) is -0.304. The maximum Gasteiger partial charge on any atom is 0.319 e. The van der Waals surface area contributed by atoms with Crippen molar-refractivity contribution in [3.8, 4) is 0 Å². The van der Waals surface area contributed by atoms with Gasteiger partial charge in [0.25, 0.3) is 0 Å². The van der Waals surface area contributed by atoms with E-state index < -0.39 is 10.0 Å². The molecule has 0 radical (unpaired) electrons. The van der Waals surface area contributed by atoms with Gasteiger partial charge < -0.3 is 15.1 Å². The van der Waals surface area contributed by atoms with Gasteiger partial charge in [-0.3, -0.25) is 4.79 Å². The van der Waals surface area contributed by atoms with E-state index in [1.54, 1.807) is 19.0 Å². The number of carbonyl (C=O) groups excluding carboxylic acids is 2. The lowest BCUT2D eigenvalue weighted by atomic mass is 10.3. The van der Waals surface area contributed by atoms with E-state index in [0.717, 1.165) is 6.08 Å². The highest BCUT2D eigenvalue weighted by molar-refractivity contribution is 7.89. The topological polar surface area (TPSA) is 90.0 Å². The van der Waals surface area contributed by atoms with Crippen LogP contribution in [0.5, 0.6) is 0 Å². The van der Waals surface area contributed by atoms with Crippen molar-refractivity contribution in [3.05, 3.63) is 36.9 Å². The Hall–Kier alpha value is -2.39. The van der Waals surface area contributed by atoms with Crippen molar-refractivity contribution < 1.29 is 18.0 Å². The molecule has 1 heterocycles. The second kappa shape index (κ2) is 7.66. The van der Waals surface area contributed by atoms with Crippen LogP contribution in [0.1, 0.15) is 0 Å². The molecule has 2 rings (SSSR count). The molecule has 0 aromatic heterocycles. The highest BCUT2D eigenvalue weighted by atomic mass is 32.2. The van der Waals surface area contributed by atoms with Gasteiger partial charge >= 0.3 is 6.03 Å². The van der Waals surface area contributed by atoms with E-state index in [9.17, 15) is 18.0 Å². The standard InChI is InChI=1S/C16H22N4O4S/c1-4-15(21)17-13-5-7-14(8-6-13)25(23,24)20-11-9-19(10-12-20)16(22)18(2)3/h4-8H,1,9-12H2,2-3H3,(H,17,21). The van der Waals surface area contributed by atoms with Crippen LogP contribution >= 0.6 is 0 Å². The van der Waals surface area contributed by atoms with Crippen molar-refractivity contribution >= 4 is 27.6 Å². The van der Waals surface area contributed by atoms with Crippen LogP contribution in [-0.2, 0) is 14.8 Å². The summed E-state index contributed by atoms with van der Waals surface area (Å²) in [6.45, 7) is 4.55. The van der Waals surface area contributed by atoms with E-state index >= 15 is 0 Å². The lowest BCUT2D eigenvalue weighted by molar-refractivity contribution is -0.111. The third-order valence-corrected chi connectivity index (χ3v) is 5.75. The van der Waals surface area contributed by atoms with E-state index in [4.69, 9.17) is 0 Å². The zero-order valence-corrected chi connectivity index (χ0v) is 15.1. The Morgan fingerprint density at radius 2 is 1.68 bits per heavy atom. The zero-order chi connectivity index (χ0) is 18.6. The molecule has 8 nitrogen and oxygen atoms in total. The molecule has 136 valence electrons. The predicted molar refractivity (Wildman–Crippen MR) is 94.7 cm³/mol. The van der Waals surface area contributed by atoms with Crippen LogP contribution in [0, 0.1) is 0 Å². The van der Waals surface area contributed by atoms with E-state index in [0.29, 0.717) is 18.8 Å². The molecule has 1 aliphatic heterocycles. The van der Waals surface area contributed by atoms with Gasteiger partial charge in [0.2, 0.25) is 15.9 Å². The zero-order valence-electron chi connectivity index (χ0n) is 14.3. The number of benzene rings is 1. The van der Waals surface area contributed by atoms with E-state index in [1.165, 1.54) is 33.5 Å². The van der Waals surface area contributed by atoms with Gasteiger partial charge in [-0.25, -0.2) is 13.2 Å². The first kappa shape index (κ1) is 18.9. The summed E-state index contributed by atoms with van der Waals surface area (Å²) in [5, 5.41) is 2.56. The Labute approximate surface area is 147 Å². The Morgan fingerprint density at radius 3 is 2.16 bits per heavy atom. The molecule has 9 heteroatoms. The molecule has 1 aromatic rings. The number of nitrogens with one attached hydrogen (secondary N) is 1. The van der Waals surface area contributed by atoms with E-state index in [-0.39, 0.29) is 29.9 Å². The van der Waals surface area contributed by atoms with Gasteiger partial charge in [-0.05, 0) is 30.3 Å². The molecule has 1 fully saturated rings. The van der Waals surface area contributed by atoms with Crippen molar-refractivity contribution in [2.45, 2.75) is 4.90 Å². The second-order valence-corrected chi connectivity index (χ2v) is 7.72. The molecule has 0 atom stereocenters. The maximum atomic E-state index is 12.7. The Kier molecular flexibility index (Phi) is 5.81. The van der Waals surface area contributed by atoms with Crippen molar-refractivity contribution in [2.75, 3.05) is 45.6 Å². The summed E-state index contributed by atoms with van der Waals surface area (Å²) >= 11 is 0. The summed E-state index contributed by atoms with van der Waals surface area (Å²) < 4.78 is 26.8. The minimum absolute atomic E-state index is 0.126. The van der Waals surface area contributed by atoms with Crippen LogP contribution < -0.4 is 5.32 Å². The number of anilines is 1. The average Bonchev–Trinajstić information content (AvgIpc) is 2.61. The van der Waals surface area contributed by atoms with Crippen LogP contribution in [0.2, 0.25) is 0 Å². The number of urea groups is 1. The Morgan fingerprint density at radius 1 is 1.12 bits per heavy atom. The quantitative estimate of drug-likeness (QED) is 0.798. The van der Waals surface area contributed by atoms with Crippen LogP contribution in [0.25, 0.3) is 0 Å². The monoisotopic (exact) mass is 366 g/mol. The lowest BCUT2D eigenvalue weighted by Crippen LogP contribution is -2.52. The molecule has 1 aliphatic rings. The normalized spacial score (nSPS) is 15.5. The van der Waals surface area contributed by atoms with Gasteiger partial charge in [-0.15, -0.1) is 0 Å². The molecule has 1 aromatic carbocycles. The fourth-order valence-corrected chi connectivity index (χ4v) is 3.88. The SMILES string of the molecule is C=CC(=O)Nc1ccc(S(=O)(=O)N2CCN(C(=O)N(C)C)CC2)cc1. The number of piperazine rings is 1. The molecule has 3 amide bonds. The summed E-state index contributed by atoms with van der Waals surface area (Å²) in [6, 6.07) is 5.83. The van der Waals surface area contributed by atoms with E-state index in [1.807, 2.05) is 0 Å². The van der Waals surface area contributed by atoms with Gasteiger partial charge in [-0.2, -0.15) is 4.31 Å². The van der Waals surface area contributed by atoms with Crippen molar-refractivity contribution in [2.24, 2.45) is 0 Å². The minimum Gasteiger partial charge on any atom is -0.331 e. The Balaban J connectivity index is 2.06. The number of sulfonamides is 1. The maximum absolute atomic E-state index is 12.7. The molecule has 0 unspecified atom stereocenters. The molecular formula is C16H22N4O4S. The molecule has 1 N–H and O–H groups in total. The van der Waals surface area contributed by atoms with Crippen molar-refractivity contribution in [1.82, 2.24) is 14.1 Å². The molecule has 0 aliphatic carbocycles. The lowest BCUT2D eigenvalue weighted by Gasteiger charge is -2.35. The first-order valence-corrected chi connectivity index (χ1v) is 9.19. The minimum atomic E-state index is -3.63. The average molecular weight is 366 g/mol. The first-order chi connectivity index (χ1) is 11.8. The number of hydrogen-bond donors (Lipinski definition) is 1. The highest BCUT2D eigenvalue weighted by Gasteiger charge is 2.30. The van der Waals surface area contributed by atoms with Crippen LogP contribution in [-0.4, -0.2) is 74.7 Å². The van der Waals surface area contributed by atoms with Gasteiger partial charge in [-0.1, -0.05) is 6.58 Å². The third kappa shape index (κ3) is 4.37. The first-order valence-electron chi connectivity index (χ1n) is 7.75. The Bertz CT molecular complexity index is 751. The van der Waals surface area contributed by atoms with Crippen LogP contribution in [0.3, 0.4) is 0 Å². The number of hydrogen-bond acceptors (Lipinski definition) is 4. The van der Waals surface area contributed by atoms with Gasteiger partial charge in [0.05, 0.1) is 4.90 Å². The van der Waals surface area contributed by atoms with E-state index in [2.05, 4.69) is 11.9 Å². The summed E-state index contributed by atoms with van der Waals surface area (Å²) in [5.74, 6) is -0.364. The van der Waals surface area contributed by atoms with Crippen LogP contribution in [0.4, 0.5) is 10.5 Å². The molecular weight excluding hydrogens is 344 g/mol. The fourth-order valence-electron chi connectivity index (χ4n) is 2.46.